The Bertz CT molecular complexity index is 278. The molecule has 0 atom stereocenters. The lowest BCUT2D eigenvalue weighted by molar-refractivity contribution is 0.580. The number of azide groups is 1. The lowest BCUT2D eigenvalue weighted by atomic mass is 10.3. The summed E-state index contributed by atoms with van der Waals surface area (Å²) < 4.78 is 22.5. The third-order valence-corrected chi connectivity index (χ3v) is 3.45. The van der Waals surface area contributed by atoms with Crippen molar-refractivity contribution in [2.24, 2.45) is 11.0 Å². The highest BCUT2D eigenvalue weighted by atomic mass is 32.2. The summed E-state index contributed by atoms with van der Waals surface area (Å²) in [7, 11) is -2.94. The Balaban J connectivity index is 3.83. The molecule has 0 aliphatic carbocycles. The molecular formula is C7H15N3O2S. The van der Waals surface area contributed by atoms with E-state index in [0.29, 0.717) is 6.42 Å². The molecule has 0 aliphatic heterocycles. The molecule has 0 aromatic heterocycles. The van der Waals surface area contributed by atoms with Gasteiger partial charge in [-0.25, -0.2) is 8.42 Å². The van der Waals surface area contributed by atoms with Gasteiger partial charge in [0.05, 0.1) is 11.5 Å². The van der Waals surface area contributed by atoms with E-state index >= 15 is 0 Å². The van der Waals surface area contributed by atoms with Crippen LogP contribution in [0.3, 0.4) is 0 Å². The summed E-state index contributed by atoms with van der Waals surface area (Å²) in [4.78, 5) is 2.55. The maximum Gasteiger partial charge on any atom is 0.150 e. The fourth-order valence-electron chi connectivity index (χ4n) is 0.991. The predicted octanol–water partition coefficient (Wildman–Crippen LogP) is 1.76. The van der Waals surface area contributed by atoms with Crippen molar-refractivity contribution < 1.29 is 8.42 Å². The predicted molar refractivity (Wildman–Crippen MR) is 52.1 cm³/mol. The summed E-state index contributed by atoms with van der Waals surface area (Å²) in [6.07, 6.45) is 0.416. The first-order valence-corrected chi connectivity index (χ1v) is 6.01. The van der Waals surface area contributed by atoms with Crippen molar-refractivity contribution in [1.82, 2.24) is 0 Å². The van der Waals surface area contributed by atoms with Gasteiger partial charge >= 0.3 is 0 Å². The number of hydrogen-bond donors (Lipinski definition) is 0. The first-order valence-electron chi connectivity index (χ1n) is 4.19. The third-order valence-electron chi connectivity index (χ3n) is 1.36. The SMILES string of the molecule is CC(C)CS(=O)(=O)CCCN=[N+]=[N-]. The van der Waals surface area contributed by atoms with E-state index in [-0.39, 0.29) is 24.0 Å². The molecule has 13 heavy (non-hydrogen) atoms. The summed E-state index contributed by atoms with van der Waals surface area (Å²) in [5.41, 5.74) is 7.95. The quantitative estimate of drug-likeness (QED) is 0.286. The molecule has 0 saturated carbocycles. The zero-order valence-corrected chi connectivity index (χ0v) is 8.79. The van der Waals surface area contributed by atoms with Crippen LogP contribution in [0.5, 0.6) is 0 Å². The highest BCUT2D eigenvalue weighted by Crippen LogP contribution is 2.02. The van der Waals surface area contributed by atoms with E-state index in [0.717, 1.165) is 0 Å². The standard InChI is InChI=1S/C7H15N3O2S/c1-7(2)6-13(11,12)5-3-4-9-10-8/h7H,3-6H2,1-2H3. The van der Waals surface area contributed by atoms with E-state index < -0.39 is 9.84 Å². The molecule has 0 aliphatic rings. The minimum absolute atomic E-state index is 0.115. The van der Waals surface area contributed by atoms with Crippen molar-refractivity contribution in [2.45, 2.75) is 20.3 Å². The summed E-state index contributed by atoms with van der Waals surface area (Å²) in [6, 6.07) is 0. The maximum atomic E-state index is 11.3. The Morgan fingerprint density at radius 3 is 2.54 bits per heavy atom. The number of sulfone groups is 1. The van der Waals surface area contributed by atoms with E-state index in [4.69, 9.17) is 5.53 Å². The van der Waals surface area contributed by atoms with E-state index in [1.54, 1.807) is 0 Å². The summed E-state index contributed by atoms with van der Waals surface area (Å²) in [6.45, 7) is 3.99. The van der Waals surface area contributed by atoms with Gasteiger partial charge in [0, 0.05) is 11.5 Å². The Hall–Kier alpha value is -0.740. The van der Waals surface area contributed by atoms with Crippen LogP contribution in [0.25, 0.3) is 10.4 Å². The molecule has 0 amide bonds. The Morgan fingerprint density at radius 2 is 2.08 bits per heavy atom. The van der Waals surface area contributed by atoms with Crippen LogP contribution in [0.15, 0.2) is 5.11 Å². The number of nitrogens with zero attached hydrogens (tertiary/aromatic N) is 3. The van der Waals surface area contributed by atoms with E-state index in [1.165, 1.54) is 0 Å². The van der Waals surface area contributed by atoms with Crippen molar-refractivity contribution in [1.29, 1.82) is 0 Å². The average Bonchev–Trinajstić information content (AvgIpc) is 1.95. The van der Waals surface area contributed by atoms with Crippen molar-refractivity contribution in [3.63, 3.8) is 0 Å². The Kier molecular flexibility index (Phi) is 5.50. The summed E-state index contributed by atoms with van der Waals surface area (Å²) in [5, 5.41) is 3.27. The van der Waals surface area contributed by atoms with Gasteiger partial charge in [-0.05, 0) is 17.9 Å². The first-order chi connectivity index (χ1) is 5.98. The zero-order valence-electron chi connectivity index (χ0n) is 7.97. The molecule has 0 heterocycles. The molecule has 76 valence electrons. The molecule has 5 nitrogen and oxygen atoms in total. The van der Waals surface area contributed by atoms with Gasteiger partial charge in [0.2, 0.25) is 0 Å². The molecule has 0 rings (SSSR count). The van der Waals surface area contributed by atoms with Crippen LogP contribution in [0, 0.1) is 5.92 Å². The Labute approximate surface area is 78.7 Å². The minimum atomic E-state index is -2.94. The average molecular weight is 205 g/mol. The van der Waals surface area contributed by atoms with Gasteiger partial charge in [0.15, 0.2) is 9.84 Å². The van der Waals surface area contributed by atoms with E-state index in [2.05, 4.69) is 10.0 Å². The van der Waals surface area contributed by atoms with Gasteiger partial charge in [0.1, 0.15) is 0 Å². The number of hydrogen-bond acceptors (Lipinski definition) is 3. The molecule has 0 spiro atoms. The van der Waals surface area contributed by atoms with Gasteiger partial charge in [-0.1, -0.05) is 19.0 Å². The largest absolute Gasteiger partial charge is 0.229 e. The van der Waals surface area contributed by atoms with Crippen LogP contribution >= 0.6 is 0 Å². The maximum absolute atomic E-state index is 11.3. The van der Waals surface area contributed by atoms with Crippen LogP contribution in [-0.4, -0.2) is 26.5 Å². The van der Waals surface area contributed by atoms with Gasteiger partial charge in [-0.2, -0.15) is 0 Å². The lowest BCUT2D eigenvalue weighted by Gasteiger charge is -2.05. The van der Waals surface area contributed by atoms with Crippen molar-refractivity contribution in [3.8, 4) is 0 Å². The molecule has 0 bridgehead atoms. The van der Waals surface area contributed by atoms with E-state index in [9.17, 15) is 8.42 Å². The first kappa shape index (κ1) is 12.3. The molecule has 0 saturated heterocycles. The van der Waals surface area contributed by atoms with Crippen LogP contribution in [0.1, 0.15) is 20.3 Å². The van der Waals surface area contributed by atoms with Crippen molar-refractivity contribution in [3.05, 3.63) is 10.4 Å². The molecule has 0 aromatic carbocycles. The molecule has 0 unspecified atom stereocenters. The monoisotopic (exact) mass is 205 g/mol. The Morgan fingerprint density at radius 1 is 1.46 bits per heavy atom. The highest BCUT2D eigenvalue weighted by Gasteiger charge is 2.11. The zero-order chi connectivity index (χ0) is 10.3. The van der Waals surface area contributed by atoms with Gasteiger partial charge < -0.3 is 0 Å². The molecule has 0 radical (unpaired) electrons. The van der Waals surface area contributed by atoms with Crippen LogP contribution in [0.4, 0.5) is 0 Å². The van der Waals surface area contributed by atoms with Crippen molar-refractivity contribution >= 4 is 9.84 Å². The van der Waals surface area contributed by atoms with Crippen LogP contribution in [0.2, 0.25) is 0 Å². The van der Waals surface area contributed by atoms with Crippen LogP contribution < -0.4 is 0 Å². The fourth-order valence-corrected chi connectivity index (χ4v) is 2.74. The molecule has 0 N–H and O–H groups in total. The van der Waals surface area contributed by atoms with Crippen LogP contribution in [-0.2, 0) is 9.84 Å². The smallest absolute Gasteiger partial charge is 0.150 e. The second-order valence-electron chi connectivity index (χ2n) is 3.32. The second kappa shape index (κ2) is 5.83. The fraction of sp³-hybridized carbons (Fsp3) is 1.00. The highest BCUT2D eigenvalue weighted by molar-refractivity contribution is 7.91. The van der Waals surface area contributed by atoms with Crippen molar-refractivity contribution in [2.75, 3.05) is 18.1 Å². The van der Waals surface area contributed by atoms with Gasteiger partial charge in [0.25, 0.3) is 0 Å². The second-order valence-corrected chi connectivity index (χ2v) is 5.54. The normalized spacial score (nSPS) is 11.3. The number of rotatable bonds is 6. The third kappa shape index (κ3) is 7.62. The molecule has 0 aromatic rings. The summed E-state index contributed by atoms with van der Waals surface area (Å²) in [5.74, 6) is 0.484. The summed E-state index contributed by atoms with van der Waals surface area (Å²) >= 11 is 0. The molecule has 0 fully saturated rings. The minimum Gasteiger partial charge on any atom is -0.229 e. The molecule has 6 heteroatoms. The molecular weight excluding hydrogens is 190 g/mol. The topological polar surface area (TPSA) is 82.9 Å². The van der Waals surface area contributed by atoms with Gasteiger partial charge in [-0.15, -0.1) is 0 Å². The van der Waals surface area contributed by atoms with Gasteiger partial charge in [-0.3, -0.25) is 0 Å². The van der Waals surface area contributed by atoms with E-state index in [1.807, 2.05) is 13.8 Å². The lowest BCUT2D eigenvalue weighted by Crippen LogP contribution is -2.15.